The number of hydrogen-bond acceptors (Lipinski definition) is 7. The van der Waals surface area contributed by atoms with Gasteiger partial charge in [-0.05, 0) is 96.2 Å². The Balaban J connectivity index is 0.875. The van der Waals surface area contributed by atoms with Crippen molar-refractivity contribution in [3.05, 3.63) is 95.1 Å². The van der Waals surface area contributed by atoms with Gasteiger partial charge in [-0.25, -0.2) is 4.79 Å². The average Bonchev–Trinajstić information content (AvgIpc) is 3.62. The highest BCUT2D eigenvalue weighted by molar-refractivity contribution is 5.75. The van der Waals surface area contributed by atoms with Gasteiger partial charge in [0.15, 0.2) is 12.1 Å². The average molecular weight is 708 g/mol. The summed E-state index contributed by atoms with van der Waals surface area (Å²) in [4.78, 5) is 15.6. The molecule has 3 aromatic rings. The van der Waals surface area contributed by atoms with Gasteiger partial charge in [-0.3, -0.25) is 0 Å². The minimum Gasteiger partial charge on any atom is -0.392 e. The number of piperidine rings is 1. The minimum absolute atomic E-state index is 0.00126. The lowest BCUT2D eigenvalue weighted by atomic mass is 9.53. The summed E-state index contributed by atoms with van der Waals surface area (Å²) in [5.41, 5.74) is 6.18. The largest absolute Gasteiger partial charge is 0.392 e. The van der Waals surface area contributed by atoms with Gasteiger partial charge in [-0.2, -0.15) is 0 Å². The highest BCUT2D eigenvalue weighted by atomic mass is 16.7. The van der Waals surface area contributed by atoms with Crippen LogP contribution < -0.4 is 10.6 Å². The van der Waals surface area contributed by atoms with Crippen LogP contribution in [0, 0.1) is 17.8 Å². The molecule has 3 heterocycles. The van der Waals surface area contributed by atoms with Crippen molar-refractivity contribution in [2.45, 2.75) is 101 Å². The van der Waals surface area contributed by atoms with Crippen LogP contribution in [0.5, 0.6) is 0 Å². The third-order valence-corrected chi connectivity index (χ3v) is 12.8. The molecule has 9 heteroatoms. The quantitative estimate of drug-likeness (QED) is 0.220. The molecule has 52 heavy (non-hydrogen) atoms. The molecule has 1 spiro atoms. The van der Waals surface area contributed by atoms with E-state index in [2.05, 4.69) is 76.2 Å². The van der Waals surface area contributed by atoms with E-state index in [-0.39, 0.29) is 30.4 Å². The molecule has 0 radical (unpaired) electrons. The maximum absolute atomic E-state index is 13.2. The van der Waals surface area contributed by atoms with Crippen molar-refractivity contribution in [1.82, 2.24) is 15.5 Å². The van der Waals surface area contributed by atoms with Gasteiger partial charge >= 0.3 is 6.03 Å². The number of ether oxygens (including phenoxy) is 4. The van der Waals surface area contributed by atoms with Crippen molar-refractivity contribution in [1.29, 1.82) is 0 Å². The molecule has 276 valence electrons. The fourth-order valence-corrected chi connectivity index (χ4v) is 10.6. The van der Waals surface area contributed by atoms with Crippen LogP contribution >= 0.6 is 0 Å². The van der Waals surface area contributed by atoms with Crippen LogP contribution in [-0.2, 0) is 32.1 Å². The summed E-state index contributed by atoms with van der Waals surface area (Å²) in [6, 6.07) is 24.9. The van der Waals surface area contributed by atoms with E-state index in [9.17, 15) is 9.90 Å². The first-order chi connectivity index (χ1) is 25.4. The molecule has 7 fully saturated rings. The van der Waals surface area contributed by atoms with Crippen molar-refractivity contribution in [3.8, 4) is 11.1 Å². The molecule has 4 bridgehead atoms. The Labute approximate surface area is 307 Å². The van der Waals surface area contributed by atoms with Gasteiger partial charge in [0.2, 0.25) is 0 Å². The summed E-state index contributed by atoms with van der Waals surface area (Å²) in [7, 11) is 0. The van der Waals surface area contributed by atoms with Crippen molar-refractivity contribution in [2.75, 3.05) is 32.8 Å². The second-order valence-corrected chi connectivity index (χ2v) is 16.6. The van der Waals surface area contributed by atoms with Crippen LogP contribution in [0.15, 0.2) is 72.8 Å². The van der Waals surface area contributed by atoms with E-state index in [4.69, 9.17) is 18.9 Å². The zero-order valence-electron chi connectivity index (χ0n) is 30.1. The van der Waals surface area contributed by atoms with Crippen LogP contribution in [0.3, 0.4) is 0 Å². The monoisotopic (exact) mass is 707 g/mol. The van der Waals surface area contributed by atoms with Crippen molar-refractivity contribution >= 4 is 6.03 Å². The normalized spacial score (nSPS) is 32.2. The van der Waals surface area contributed by atoms with Gasteiger partial charge in [0, 0.05) is 56.5 Å². The third-order valence-electron chi connectivity index (χ3n) is 12.8. The first-order valence-electron chi connectivity index (χ1n) is 19.7. The molecule has 9 nitrogen and oxygen atoms in total. The van der Waals surface area contributed by atoms with Gasteiger partial charge < -0.3 is 39.6 Å². The van der Waals surface area contributed by atoms with E-state index >= 15 is 0 Å². The predicted octanol–water partition coefficient (Wildman–Crippen LogP) is 7.00. The molecular weight excluding hydrogens is 654 g/mol. The fourth-order valence-electron chi connectivity index (χ4n) is 10.6. The van der Waals surface area contributed by atoms with Crippen molar-refractivity contribution in [2.24, 2.45) is 17.8 Å². The number of aliphatic hydroxyl groups excluding tert-OH is 1. The Morgan fingerprint density at radius 3 is 2.13 bits per heavy atom. The summed E-state index contributed by atoms with van der Waals surface area (Å²) in [5.74, 6) is 1.98. The van der Waals surface area contributed by atoms with E-state index in [0.717, 1.165) is 109 Å². The summed E-state index contributed by atoms with van der Waals surface area (Å²) in [5, 5.41) is 16.2. The van der Waals surface area contributed by atoms with Gasteiger partial charge in [0.25, 0.3) is 0 Å². The zero-order chi connectivity index (χ0) is 35.1. The summed E-state index contributed by atoms with van der Waals surface area (Å²) < 4.78 is 25.4. The molecule has 4 saturated carbocycles. The van der Waals surface area contributed by atoms with Crippen LogP contribution in [0.25, 0.3) is 11.1 Å². The molecule has 3 aromatic carbocycles. The molecule has 10 rings (SSSR count). The number of urea groups is 1. The van der Waals surface area contributed by atoms with E-state index in [1.165, 1.54) is 19.3 Å². The van der Waals surface area contributed by atoms with E-state index in [0.29, 0.717) is 19.8 Å². The highest BCUT2D eigenvalue weighted by Crippen LogP contribution is 2.55. The zero-order valence-corrected chi connectivity index (χ0v) is 30.1. The van der Waals surface area contributed by atoms with Crippen LogP contribution in [0.2, 0.25) is 0 Å². The maximum atomic E-state index is 13.2. The second-order valence-electron chi connectivity index (χ2n) is 16.6. The topological polar surface area (TPSA) is 102 Å². The van der Waals surface area contributed by atoms with E-state index < -0.39 is 12.1 Å². The summed E-state index contributed by atoms with van der Waals surface area (Å²) >= 11 is 0. The number of nitrogens with one attached hydrogen (secondary N) is 2. The lowest BCUT2D eigenvalue weighted by molar-refractivity contribution is -0.255. The predicted molar refractivity (Wildman–Crippen MR) is 197 cm³/mol. The molecule has 3 atom stereocenters. The number of carbonyl (C=O) groups is 1. The van der Waals surface area contributed by atoms with Gasteiger partial charge in [-0.15, -0.1) is 0 Å². The standard InChI is InChI=1S/C43H53N3O6/c47-28-29-7-9-34(10-8-29)39-22-38(27-46-13-11-43(12-14-46)49-15-16-50-43)51-40(52-39)37-6-2-5-36(21-37)35-4-1-3-30(20-35)26-44-41(48)45-42-23-31-17-32(24-42)19-33(18-31)25-42/h1-10,20-21,31-33,38-40,47H,11-19,22-28H2,(H2,44,45,48)/t31?,32?,33?,38-,39+,40+,42?/m1/s1. The summed E-state index contributed by atoms with van der Waals surface area (Å²) in [6.45, 7) is 4.49. The Bertz CT molecular complexity index is 1680. The Kier molecular flexibility index (Phi) is 9.60. The number of rotatable bonds is 9. The van der Waals surface area contributed by atoms with Crippen molar-refractivity contribution in [3.63, 3.8) is 0 Å². The van der Waals surface area contributed by atoms with Crippen LogP contribution in [-0.4, -0.2) is 66.3 Å². The second kappa shape index (κ2) is 14.5. The Hall–Kier alpha value is -3.31. The van der Waals surface area contributed by atoms with Gasteiger partial charge in [0.05, 0.1) is 32.0 Å². The molecule has 4 aliphatic carbocycles. The lowest BCUT2D eigenvalue weighted by Gasteiger charge is -2.56. The Morgan fingerprint density at radius 1 is 0.769 bits per heavy atom. The molecule has 2 amide bonds. The molecule has 0 unspecified atom stereocenters. The third kappa shape index (κ3) is 7.41. The molecule has 3 aliphatic heterocycles. The molecule has 3 saturated heterocycles. The number of carbonyl (C=O) groups excluding carboxylic acids is 1. The van der Waals surface area contributed by atoms with E-state index in [1.807, 2.05) is 12.1 Å². The molecule has 3 N–H and O–H groups in total. The van der Waals surface area contributed by atoms with Gasteiger partial charge in [-0.1, -0.05) is 60.7 Å². The number of hydrogen-bond donors (Lipinski definition) is 3. The Morgan fingerprint density at radius 2 is 1.44 bits per heavy atom. The SMILES string of the molecule is O=C(NCc1cccc(-c2cccc([C@H]3O[C@@H](CN4CCC5(CC4)OCCO5)C[C@@H](c4ccc(CO)cc4)O3)c2)c1)NC12CC3CC(CC(C3)C1)C2. The lowest BCUT2D eigenvalue weighted by Crippen LogP contribution is -2.61. The van der Waals surface area contributed by atoms with E-state index in [1.54, 1.807) is 0 Å². The van der Waals surface area contributed by atoms with Gasteiger partial charge in [0.1, 0.15) is 0 Å². The first-order valence-corrected chi connectivity index (χ1v) is 19.7. The van der Waals surface area contributed by atoms with Crippen LogP contribution in [0.4, 0.5) is 4.79 Å². The van der Waals surface area contributed by atoms with Crippen molar-refractivity contribution < 1.29 is 28.8 Å². The maximum Gasteiger partial charge on any atom is 0.315 e. The smallest absolute Gasteiger partial charge is 0.315 e. The minimum atomic E-state index is -0.531. The van der Waals surface area contributed by atoms with Crippen LogP contribution in [0.1, 0.15) is 92.4 Å². The molecular formula is C43H53N3O6. The first kappa shape index (κ1) is 34.5. The number of aliphatic hydroxyl groups is 1. The number of likely N-dealkylation sites (tertiary alicyclic amines) is 1. The molecule has 7 aliphatic rings. The number of amides is 2. The number of nitrogens with zero attached hydrogens (tertiary/aromatic N) is 1. The number of benzene rings is 3. The fraction of sp³-hybridized carbons (Fsp3) is 0.558. The highest BCUT2D eigenvalue weighted by Gasteiger charge is 2.51. The molecule has 0 aromatic heterocycles. The summed E-state index contributed by atoms with van der Waals surface area (Å²) in [6.07, 6.45) is 9.32.